The Morgan fingerprint density at radius 1 is 1.33 bits per heavy atom. The zero-order chi connectivity index (χ0) is 11.7. The molecule has 0 aromatic rings. The summed E-state index contributed by atoms with van der Waals surface area (Å²) in [5.41, 5.74) is 1.31. The molecule has 0 spiro atoms. The molecular weight excluding hydrogens is 182 g/mol. The summed E-state index contributed by atoms with van der Waals surface area (Å²) < 4.78 is 0. The molecule has 0 saturated heterocycles. The van der Waals surface area contributed by atoms with Gasteiger partial charge in [-0.3, -0.25) is 0 Å². The predicted molar refractivity (Wildman–Crippen MR) is 70.2 cm³/mol. The molecule has 0 aliphatic carbocycles. The van der Waals surface area contributed by atoms with E-state index in [9.17, 15) is 0 Å². The number of hydrogen-bond donors (Lipinski definition) is 1. The molecule has 2 unspecified atom stereocenters. The van der Waals surface area contributed by atoms with E-state index in [0.717, 1.165) is 18.9 Å². The molecule has 0 aromatic heterocycles. The van der Waals surface area contributed by atoms with E-state index >= 15 is 0 Å². The van der Waals surface area contributed by atoms with Gasteiger partial charge in [-0.15, -0.1) is 6.58 Å². The van der Waals surface area contributed by atoms with Gasteiger partial charge in [-0.2, -0.15) is 0 Å². The van der Waals surface area contributed by atoms with Gasteiger partial charge >= 0.3 is 0 Å². The van der Waals surface area contributed by atoms with Crippen LogP contribution in [-0.2, 0) is 0 Å². The van der Waals surface area contributed by atoms with Crippen LogP contribution < -0.4 is 5.32 Å². The third kappa shape index (κ3) is 8.68. The van der Waals surface area contributed by atoms with Gasteiger partial charge in [0.1, 0.15) is 0 Å². The van der Waals surface area contributed by atoms with Crippen LogP contribution in [0.3, 0.4) is 0 Å². The third-order valence-corrected chi connectivity index (χ3v) is 2.99. The molecule has 1 N–H and O–H groups in total. The summed E-state index contributed by atoms with van der Waals surface area (Å²) in [6.07, 6.45) is 6.24. The maximum absolute atomic E-state index is 3.98. The number of hydrogen-bond acceptors (Lipinski definition) is 1. The normalized spacial score (nSPS) is 14.9. The highest BCUT2D eigenvalue weighted by Crippen LogP contribution is 2.15. The fourth-order valence-corrected chi connectivity index (χ4v) is 1.72. The van der Waals surface area contributed by atoms with Crippen molar-refractivity contribution in [3.05, 3.63) is 12.2 Å². The van der Waals surface area contributed by atoms with Crippen LogP contribution in [0.25, 0.3) is 0 Å². The Balaban J connectivity index is 3.88. The average molecular weight is 211 g/mol. The van der Waals surface area contributed by atoms with Crippen LogP contribution >= 0.6 is 0 Å². The molecule has 0 amide bonds. The molecule has 90 valence electrons. The first-order valence-corrected chi connectivity index (χ1v) is 6.47. The lowest BCUT2D eigenvalue weighted by molar-refractivity contribution is 0.377. The standard InChI is InChI=1S/C14H29N/c1-6-10-15-14(9-8-12(3)4)11-13(5)7-2/h13-15H,3,6-11H2,1-2,4-5H3. The van der Waals surface area contributed by atoms with E-state index in [2.05, 4.69) is 39.6 Å². The van der Waals surface area contributed by atoms with Crippen molar-refractivity contribution in [1.29, 1.82) is 0 Å². The molecule has 0 bridgehead atoms. The highest BCUT2D eigenvalue weighted by molar-refractivity contribution is 4.89. The van der Waals surface area contributed by atoms with E-state index < -0.39 is 0 Å². The Bertz CT molecular complexity index is 163. The molecule has 0 saturated carbocycles. The lowest BCUT2D eigenvalue weighted by atomic mass is 9.95. The Labute approximate surface area is 96.3 Å². The maximum Gasteiger partial charge on any atom is 0.00726 e. The van der Waals surface area contributed by atoms with Gasteiger partial charge in [-0.25, -0.2) is 0 Å². The summed E-state index contributed by atoms with van der Waals surface area (Å²) in [7, 11) is 0. The highest BCUT2D eigenvalue weighted by atomic mass is 14.9. The molecule has 15 heavy (non-hydrogen) atoms. The zero-order valence-corrected chi connectivity index (χ0v) is 11.1. The fraction of sp³-hybridized carbons (Fsp3) is 0.857. The van der Waals surface area contributed by atoms with E-state index in [4.69, 9.17) is 0 Å². The van der Waals surface area contributed by atoms with E-state index in [-0.39, 0.29) is 0 Å². The van der Waals surface area contributed by atoms with Crippen LogP contribution in [0.2, 0.25) is 0 Å². The van der Waals surface area contributed by atoms with Crippen LogP contribution in [0, 0.1) is 5.92 Å². The van der Waals surface area contributed by atoms with Gasteiger partial charge in [0.25, 0.3) is 0 Å². The summed E-state index contributed by atoms with van der Waals surface area (Å²) in [4.78, 5) is 0. The molecule has 0 aliphatic rings. The summed E-state index contributed by atoms with van der Waals surface area (Å²) in [5.74, 6) is 0.837. The maximum atomic E-state index is 3.98. The second-order valence-electron chi connectivity index (χ2n) is 4.90. The molecule has 0 radical (unpaired) electrons. The van der Waals surface area contributed by atoms with Crippen LogP contribution in [0.15, 0.2) is 12.2 Å². The van der Waals surface area contributed by atoms with Crippen molar-refractivity contribution in [2.75, 3.05) is 6.54 Å². The van der Waals surface area contributed by atoms with Crippen LogP contribution in [-0.4, -0.2) is 12.6 Å². The highest BCUT2D eigenvalue weighted by Gasteiger charge is 2.11. The van der Waals surface area contributed by atoms with Crippen molar-refractivity contribution in [1.82, 2.24) is 5.32 Å². The summed E-state index contributed by atoms with van der Waals surface area (Å²) in [5, 5.41) is 3.65. The number of nitrogens with one attached hydrogen (secondary N) is 1. The summed E-state index contributed by atoms with van der Waals surface area (Å²) in [6.45, 7) is 14.1. The minimum Gasteiger partial charge on any atom is -0.314 e. The summed E-state index contributed by atoms with van der Waals surface area (Å²) in [6, 6.07) is 0.691. The molecule has 0 aliphatic heterocycles. The first-order valence-electron chi connectivity index (χ1n) is 6.47. The summed E-state index contributed by atoms with van der Waals surface area (Å²) >= 11 is 0. The van der Waals surface area contributed by atoms with Crippen LogP contribution in [0.5, 0.6) is 0 Å². The average Bonchev–Trinajstić information content (AvgIpc) is 2.21. The largest absolute Gasteiger partial charge is 0.314 e. The molecule has 1 heteroatoms. The van der Waals surface area contributed by atoms with Crippen molar-refractivity contribution in [3.63, 3.8) is 0 Å². The van der Waals surface area contributed by atoms with E-state index in [1.807, 2.05) is 0 Å². The molecule has 0 fully saturated rings. The minimum atomic E-state index is 0.691. The van der Waals surface area contributed by atoms with Crippen molar-refractivity contribution >= 4 is 0 Å². The Hall–Kier alpha value is -0.300. The Morgan fingerprint density at radius 2 is 2.00 bits per heavy atom. The van der Waals surface area contributed by atoms with Gasteiger partial charge in [0.15, 0.2) is 0 Å². The quantitative estimate of drug-likeness (QED) is 0.565. The second kappa shape index (κ2) is 8.96. The SMILES string of the molecule is C=C(C)CCC(CC(C)CC)NCCC. The number of allylic oxidation sites excluding steroid dienone is 1. The molecule has 1 nitrogen and oxygen atoms in total. The van der Waals surface area contributed by atoms with Gasteiger partial charge in [0, 0.05) is 6.04 Å². The molecule has 0 heterocycles. The second-order valence-corrected chi connectivity index (χ2v) is 4.90. The van der Waals surface area contributed by atoms with Crippen molar-refractivity contribution in [2.45, 2.75) is 65.8 Å². The molecule has 0 rings (SSSR count). The van der Waals surface area contributed by atoms with E-state index in [0.29, 0.717) is 6.04 Å². The van der Waals surface area contributed by atoms with Gasteiger partial charge in [0.2, 0.25) is 0 Å². The van der Waals surface area contributed by atoms with Crippen LogP contribution in [0.1, 0.15) is 59.8 Å². The smallest absolute Gasteiger partial charge is 0.00726 e. The Morgan fingerprint density at radius 3 is 2.47 bits per heavy atom. The van der Waals surface area contributed by atoms with Crippen molar-refractivity contribution in [3.8, 4) is 0 Å². The van der Waals surface area contributed by atoms with Crippen molar-refractivity contribution < 1.29 is 0 Å². The lowest BCUT2D eigenvalue weighted by Gasteiger charge is -2.21. The zero-order valence-electron chi connectivity index (χ0n) is 11.1. The van der Waals surface area contributed by atoms with Crippen LogP contribution in [0.4, 0.5) is 0 Å². The molecule has 0 aromatic carbocycles. The molecule has 2 atom stereocenters. The van der Waals surface area contributed by atoms with Crippen molar-refractivity contribution in [2.24, 2.45) is 5.92 Å². The van der Waals surface area contributed by atoms with E-state index in [1.165, 1.54) is 31.3 Å². The van der Waals surface area contributed by atoms with Gasteiger partial charge in [0.05, 0.1) is 0 Å². The molecular formula is C14H29N. The fourth-order valence-electron chi connectivity index (χ4n) is 1.72. The minimum absolute atomic E-state index is 0.691. The monoisotopic (exact) mass is 211 g/mol. The van der Waals surface area contributed by atoms with Gasteiger partial charge in [-0.05, 0) is 45.1 Å². The van der Waals surface area contributed by atoms with Gasteiger partial charge < -0.3 is 5.32 Å². The third-order valence-electron chi connectivity index (χ3n) is 2.99. The topological polar surface area (TPSA) is 12.0 Å². The first kappa shape index (κ1) is 14.7. The van der Waals surface area contributed by atoms with E-state index in [1.54, 1.807) is 0 Å². The first-order chi connectivity index (χ1) is 7.10. The lowest BCUT2D eigenvalue weighted by Crippen LogP contribution is -2.31. The number of rotatable bonds is 9. The predicted octanol–water partition coefficient (Wildman–Crippen LogP) is 4.15. The Kier molecular flexibility index (Phi) is 8.79. The van der Waals surface area contributed by atoms with Gasteiger partial charge in [-0.1, -0.05) is 32.8 Å².